The van der Waals surface area contributed by atoms with Crippen molar-refractivity contribution in [3.63, 3.8) is 0 Å². The Bertz CT molecular complexity index is 130. The van der Waals surface area contributed by atoms with E-state index < -0.39 is 0 Å². The molecule has 8 heavy (non-hydrogen) atoms. The topological polar surface area (TPSA) is 32.7 Å². The largest absolute Gasteiger partial charge is 0.273 e. The van der Waals surface area contributed by atoms with E-state index in [4.69, 9.17) is 0 Å². The van der Waals surface area contributed by atoms with Crippen molar-refractivity contribution < 1.29 is 4.79 Å². The van der Waals surface area contributed by atoms with E-state index >= 15 is 0 Å². The van der Waals surface area contributed by atoms with Crippen LogP contribution in [0.1, 0.15) is 12.8 Å². The van der Waals surface area contributed by atoms with Crippen LogP contribution < -0.4 is 0 Å². The van der Waals surface area contributed by atoms with Crippen LogP contribution in [0.3, 0.4) is 0 Å². The zero-order chi connectivity index (χ0) is 5.98. The fraction of sp³-hybridized carbons (Fsp3) is 0.600. The Morgan fingerprint density at radius 1 is 1.88 bits per heavy atom. The number of rotatable bonds is 0. The third kappa shape index (κ3) is 0.857. The first-order valence-electron chi connectivity index (χ1n) is 2.51. The van der Waals surface area contributed by atoms with Gasteiger partial charge in [0.1, 0.15) is 0 Å². The molecule has 3 heteroatoms. The van der Waals surface area contributed by atoms with Crippen molar-refractivity contribution in [2.75, 3.05) is 7.05 Å². The fourth-order valence-corrected chi connectivity index (χ4v) is 0.536. The van der Waals surface area contributed by atoms with E-state index in [1.807, 2.05) is 0 Å². The highest BCUT2D eigenvalue weighted by Gasteiger charge is 2.08. The van der Waals surface area contributed by atoms with Crippen LogP contribution in [0.15, 0.2) is 5.10 Å². The Hall–Kier alpha value is -0.860. The summed E-state index contributed by atoms with van der Waals surface area (Å²) >= 11 is 0. The molecule has 1 aliphatic rings. The molecule has 0 unspecified atom stereocenters. The van der Waals surface area contributed by atoms with Gasteiger partial charge in [-0.1, -0.05) is 0 Å². The summed E-state index contributed by atoms with van der Waals surface area (Å²) in [5.41, 5.74) is 0. The van der Waals surface area contributed by atoms with Gasteiger partial charge in [-0.05, 0) is 0 Å². The average Bonchev–Trinajstić information content (AvgIpc) is 1.77. The van der Waals surface area contributed by atoms with Crippen LogP contribution in [0, 0.1) is 0 Å². The normalized spacial score (nSPS) is 19.6. The Kier molecular flexibility index (Phi) is 1.28. The van der Waals surface area contributed by atoms with Gasteiger partial charge in [0.15, 0.2) is 0 Å². The standard InChI is InChI=1S/C5H7N2O/c1-7-5(8)3-2-4-6-7/h2-3H2,1H3. The predicted molar refractivity (Wildman–Crippen MR) is 29.4 cm³/mol. The predicted octanol–water partition coefficient (Wildman–Crippen LogP) is 0.101. The van der Waals surface area contributed by atoms with Gasteiger partial charge in [-0.3, -0.25) is 4.79 Å². The maximum Gasteiger partial charge on any atom is 0.242 e. The Labute approximate surface area is 48.0 Å². The first-order valence-corrected chi connectivity index (χ1v) is 2.51. The van der Waals surface area contributed by atoms with Crippen LogP contribution >= 0.6 is 0 Å². The lowest BCUT2D eigenvalue weighted by atomic mass is 10.3. The monoisotopic (exact) mass is 111 g/mol. The molecule has 0 N–H and O–H groups in total. The van der Waals surface area contributed by atoms with Crippen LogP contribution in [0.4, 0.5) is 0 Å². The second-order valence-electron chi connectivity index (χ2n) is 1.68. The Morgan fingerprint density at radius 2 is 2.62 bits per heavy atom. The summed E-state index contributed by atoms with van der Waals surface area (Å²) < 4.78 is 0. The summed E-state index contributed by atoms with van der Waals surface area (Å²) in [7, 11) is 1.63. The van der Waals surface area contributed by atoms with Gasteiger partial charge < -0.3 is 0 Å². The van der Waals surface area contributed by atoms with Gasteiger partial charge in [0.25, 0.3) is 0 Å². The van der Waals surface area contributed by atoms with Crippen molar-refractivity contribution in [2.24, 2.45) is 5.10 Å². The van der Waals surface area contributed by atoms with Gasteiger partial charge in [-0.15, -0.1) is 0 Å². The molecule has 0 aromatic rings. The molecule has 1 rings (SSSR count). The van der Waals surface area contributed by atoms with Gasteiger partial charge in [-0.25, -0.2) is 5.01 Å². The molecule has 43 valence electrons. The summed E-state index contributed by atoms with van der Waals surface area (Å²) in [4.78, 5) is 10.6. The summed E-state index contributed by atoms with van der Waals surface area (Å²) in [5, 5.41) is 4.95. The zero-order valence-electron chi connectivity index (χ0n) is 4.72. The Balaban J connectivity index is 2.60. The minimum Gasteiger partial charge on any atom is -0.273 e. The highest BCUT2D eigenvalue weighted by Crippen LogP contribution is 1.99. The summed E-state index contributed by atoms with van der Waals surface area (Å²) in [6.45, 7) is 0. The number of hydrogen-bond acceptors (Lipinski definition) is 2. The van der Waals surface area contributed by atoms with Crippen LogP contribution in [0.2, 0.25) is 0 Å². The molecule has 1 amide bonds. The first-order chi connectivity index (χ1) is 3.80. The van der Waals surface area contributed by atoms with Crippen molar-refractivity contribution in [1.82, 2.24) is 5.01 Å². The summed E-state index contributed by atoms with van der Waals surface area (Å²) in [6, 6.07) is 0. The van der Waals surface area contributed by atoms with Gasteiger partial charge in [-0.2, -0.15) is 5.10 Å². The summed E-state index contributed by atoms with van der Waals surface area (Å²) in [5.74, 6) is 0.0729. The van der Waals surface area contributed by atoms with Crippen LogP contribution in [-0.2, 0) is 4.79 Å². The molecule has 0 aromatic heterocycles. The molecule has 0 bridgehead atoms. The lowest BCUT2D eigenvalue weighted by molar-refractivity contribution is -0.130. The second kappa shape index (κ2) is 1.94. The van der Waals surface area contributed by atoms with Crippen molar-refractivity contribution in [2.45, 2.75) is 12.8 Å². The van der Waals surface area contributed by atoms with E-state index in [9.17, 15) is 4.79 Å². The van der Waals surface area contributed by atoms with Crippen molar-refractivity contribution in [1.29, 1.82) is 0 Å². The SMILES string of the molecule is CN1N=[C]CCC1=O. The second-order valence-corrected chi connectivity index (χ2v) is 1.68. The minimum atomic E-state index is 0.0729. The van der Waals surface area contributed by atoms with E-state index in [1.165, 1.54) is 5.01 Å². The van der Waals surface area contributed by atoms with Crippen molar-refractivity contribution in [3.05, 3.63) is 0 Å². The highest BCUT2D eigenvalue weighted by atomic mass is 16.2. The van der Waals surface area contributed by atoms with Crippen molar-refractivity contribution >= 4 is 12.1 Å². The van der Waals surface area contributed by atoms with Gasteiger partial charge in [0.05, 0.1) is 6.21 Å². The smallest absolute Gasteiger partial charge is 0.242 e. The van der Waals surface area contributed by atoms with Gasteiger partial charge in [0.2, 0.25) is 5.91 Å². The maximum atomic E-state index is 10.6. The lowest BCUT2D eigenvalue weighted by Crippen LogP contribution is -2.23. The third-order valence-corrected chi connectivity index (χ3v) is 1.03. The van der Waals surface area contributed by atoms with E-state index in [1.54, 1.807) is 7.05 Å². The quantitative estimate of drug-likeness (QED) is 0.436. The molecule has 0 saturated carbocycles. The first kappa shape index (κ1) is 5.28. The molecule has 1 heterocycles. The Morgan fingerprint density at radius 3 is 3.00 bits per heavy atom. The van der Waals surface area contributed by atoms with Gasteiger partial charge in [0, 0.05) is 19.9 Å². The number of amides is 1. The number of carbonyl (C=O) groups is 1. The van der Waals surface area contributed by atoms with Gasteiger partial charge >= 0.3 is 0 Å². The van der Waals surface area contributed by atoms with E-state index in [0.717, 1.165) is 0 Å². The molecular formula is C5H7N2O. The average molecular weight is 111 g/mol. The lowest BCUT2D eigenvalue weighted by Gasteiger charge is -2.12. The molecule has 0 fully saturated rings. The molecule has 3 nitrogen and oxygen atoms in total. The van der Waals surface area contributed by atoms with Crippen LogP contribution in [0.5, 0.6) is 0 Å². The molecule has 0 spiro atoms. The van der Waals surface area contributed by atoms with E-state index in [2.05, 4.69) is 11.3 Å². The number of nitrogens with zero attached hydrogens (tertiary/aromatic N) is 2. The number of carbonyl (C=O) groups excluding carboxylic acids is 1. The molecule has 0 aliphatic carbocycles. The number of hydrogen-bond donors (Lipinski definition) is 0. The molecular weight excluding hydrogens is 104 g/mol. The zero-order valence-corrected chi connectivity index (χ0v) is 4.72. The minimum absolute atomic E-state index is 0.0729. The van der Waals surface area contributed by atoms with E-state index in [0.29, 0.717) is 12.8 Å². The molecule has 0 aromatic carbocycles. The summed E-state index contributed by atoms with van der Waals surface area (Å²) in [6.07, 6.45) is 3.92. The molecule has 0 atom stereocenters. The van der Waals surface area contributed by atoms with Crippen LogP contribution in [-0.4, -0.2) is 24.2 Å². The third-order valence-electron chi connectivity index (χ3n) is 1.03. The van der Waals surface area contributed by atoms with Crippen molar-refractivity contribution in [3.8, 4) is 0 Å². The molecule has 1 aliphatic heterocycles. The van der Waals surface area contributed by atoms with E-state index in [-0.39, 0.29) is 5.91 Å². The molecule has 1 radical (unpaired) electrons. The fourth-order valence-electron chi connectivity index (χ4n) is 0.536. The number of hydrazone groups is 1. The highest BCUT2D eigenvalue weighted by molar-refractivity contribution is 5.81. The molecule has 0 saturated heterocycles. The maximum absolute atomic E-state index is 10.6. The van der Waals surface area contributed by atoms with Crippen LogP contribution in [0.25, 0.3) is 0 Å².